The van der Waals surface area contributed by atoms with Gasteiger partial charge in [-0.2, -0.15) is 0 Å². The van der Waals surface area contributed by atoms with Crippen molar-refractivity contribution in [2.45, 2.75) is 25.8 Å². The van der Waals surface area contributed by atoms with Gasteiger partial charge in [-0.15, -0.1) is 0 Å². The molecular weight excluding hydrogens is 298 g/mol. The molecule has 0 spiro atoms. The van der Waals surface area contributed by atoms with Crippen LogP contribution in [0.4, 0.5) is 11.6 Å². The summed E-state index contributed by atoms with van der Waals surface area (Å²) in [6, 6.07) is 6.17. The van der Waals surface area contributed by atoms with Crippen LogP contribution in [0.1, 0.15) is 18.5 Å². The van der Waals surface area contributed by atoms with Gasteiger partial charge in [0.1, 0.15) is 18.0 Å². The molecule has 0 saturated carbocycles. The summed E-state index contributed by atoms with van der Waals surface area (Å²) in [4.78, 5) is 17.5. The molecule has 3 rings (SSSR count). The molecule has 1 aliphatic rings. The molecule has 0 amide bonds. The second kappa shape index (κ2) is 6.48. The van der Waals surface area contributed by atoms with Gasteiger partial charge in [0, 0.05) is 44.1 Å². The fraction of sp³-hybridized carbons (Fsp3) is 0.438. The Balaban J connectivity index is 1.77. The Morgan fingerprint density at radius 2 is 2.18 bits per heavy atom. The number of likely N-dealkylation sites (N-methyl/N-ethyl adjacent to an activating group) is 1. The van der Waals surface area contributed by atoms with E-state index < -0.39 is 0 Å². The van der Waals surface area contributed by atoms with E-state index in [9.17, 15) is 0 Å². The number of rotatable bonds is 3. The van der Waals surface area contributed by atoms with Crippen molar-refractivity contribution in [1.82, 2.24) is 15.0 Å². The van der Waals surface area contributed by atoms with Crippen LogP contribution in [-0.2, 0) is 0 Å². The van der Waals surface area contributed by atoms with Crippen LogP contribution >= 0.6 is 11.6 Å². The van der Waals surface area contributed by atoms with Crippen LogP contribution in [0.25, 0.3) is 0 Å². The lowest BCUT2D eigenvalue weighted by atomic mass is 10.0. The summed E-state index contributed by atoms with van der Waals surface area (Å²) in [5.41, 5.74) is 0.984. The molecule has 0 aliphatic carbocycles. The maximum Gasteiger partial charge on any atom is 0.147 e. The number of aromatic nitrogens is 3. The van der Waals surface area contributed by atoms with E-state index in [1.54, 1.807) is 12.5 Å². The molecule has 1 aliphatic heterocycles. The molecule has 0 N–H and O–H groups in total. The van der Waals surface area contributed by atoms with Crippen LogP contribution in [0.3, 0.4) is 0 Å². The summed E-state index contributed by atoms with van der Waals surface area (Å²) in [5.74, 6) is 1.84. The fourth-order valence-corrected chi connectivity index (χ4v) is 3.13. The van der Waals surface area contributed by atoms with E-state index in [0.29, 0.717) is 11.1 Å². The van der Waals surface area contributed by atoms with Gasteiger partial charge in [-0.25, -0.2) is 15.0 Å². The van der Waals surface area contributed by atoms with E-state index in [1.165, 1.54) is 0 Å². The predicted octanol–water partition coefficient (Wildman–Crippen LogP) is 2.94. The second-order valence-corrected chi connectivity index (χ2v) is 6.09. The first-order valence-electron chi connectivity index (χ1n) is 7.52. The molecular formula is C16H20ClN5. The topological polar surface area (TPSA) is 45.2 Å². The highest BCUT2D eigenvalue weighted by Crippen LogP contribution is 2.27. The molecule has 1 fully saturated rings. The fourth-order valence-electron chi connectivity index (χ4n) is 2.89. The molecule has 0 radical (unpaired) electrons. The number of halogens is 1. The number of nitrogens with zero attached hydrogens (tertiary/aromatic N) is 5. The molecule has 2 aromatic heterocycles. The molecule has 5 nitrogen and oxygen atoms in total. The third-order valence-corrected chi connectivity index (χ3v) is 4.43. The van der Waals surface area contributed by atoms with E-state index >= 15 is 0 Å². The Kier molecular flexibility index (Phi) is 4.43. The molecule has 1 atom stereocenters. The third kappa shape index (κ3) is 3.14. The van der Waals surface area contributed by atoms with Crippen molar-refractivity contribution in [3.63, 3.8) is 0 Å². The maximum absolute atomic E-state index is 6.28. The summed E-state index contributed by atoms with van der Waals surface area (Å²) in [7, 11) is 2.09. The van der Waals surface area contributed by atoms with Gasteiger partial charge < -0.3 is 9.80 Å². The number of aryl methyl sites for hydroxylation is 1. The van der Waals surface area contributed by atoms with E-state index in [2.05, 4.69) is 31.8 Å². The highest BCUT2D eigenvalue weighted by molar-refractivity contribution is 6.32. The standard InChI is InChI=1S/C16H20ClN5/c1-12-9-15(20-11-19-12)21(2)13-5-4-8-22(10-13)16-14(17)6-3-7-18-16/h3,6-7,9,11,13H,4-5,8,10H2,1-2H3. The molecule has 0 bridgehead atoms. The second-order valence-electron chi connectivity index (χ2n) is 5.68. The van der Waals surface area contributed by atoms with Crippen molar-refractivity contribution in [2.24, 2.45) is 0 Å². The molecule has 2 aromatic rings. The van der Waals surface area contributed by atoms with Crippen LogP contribution in [0.2, 0.25) is 5.02 Å². The van der Waals surface area contributed by atoms with Crippen molar-refractivity contribution < 1.29 is 0 Å². The van der Waals surface area contributed by atoms with Crippen LogP contribution < -0.4 is 9.80 Å². The van der Waals surface area contributed by atoms with Gasteiger partial charge in [0.2, 0.25) is 0 Å². The predicted molar refractivity (Wildman–Crippen MR) is 89.7 cm³/mol. The van der Waals surface area contributed by atoms with Gasteiger partial charge in [0.05, 0.1) is 5.02 Å². The quantitative estimate of drug-likeness (QED) is 0.871. The number of anilines is 2. The number of hydrogen-bond acceptors (Lipinski definition) is 5. The Labute approximate surface area is 136 Å². The largest absolute Gasteiger partial charge is 0.355 e. The molecule has 22 heavy (non-hydrogen) atoms. The minimum Gasteiger partial charge on any atom is -0.355 e. The highest BCUT2D eigenvalue weighted by Gasteiger charge is 2.25. The summed E-state index contributed by atoms with van der Waals surface area (Å²) in [6.45, 7) is 3.88. The first-order chi connectivity index (χ1) is 10.6. The van der Waals surface area contributed by atoms with Gasteiger partial charge in [-0.05, 0) is 31.9 Å². The van der Waals surface area contributed by atoms with Crippen molar-refractivity contribution in [3.05, 3.63) is 41.4 Å². The van der Waals surface area contributed by atoms with Crippen molar-refractivity contribution in [1.29, 1.82) is 0 Å². The molecule has 1 saturated heterocycles. The maximum atomic E-state index is 6.28. The summed E-state index contributed by atoms with van der Waals surface area (Å²) >= 11 is 6.28. The van der Waals surface area contributed by atoms with E-state index in [-0.39, 0.29) is 0 Å². The smallest absolute Gasteiger partial charge is 0.147 e. The zero-order valence-electron chi connectivity index (χ0n) is 12.9. The molecule has 1 unspecified atom stereocenters. The molecule has 116 valence electrons. The normalized spacial score (nSPS) is 18.3. The summed E-state index contributed by atoms with van der Waals surface area (Å²) < 4.78 is 0. The Bertz CT molecular complexity index is 648. The molecule has 3 heterocycles. The van der Waals surface area contributed by atoms with Crippen LogP contribution in [0, 0.1) is 6.92 Å². The Morgan fingerprint density at radius 1 is 1.32 bits per heavy atom. The minimum atomic E-state index is 0.390. The molecule has 6 heteroatoms. The van der Waals surface area contributed by atoms with Crippen LogP contribution in [-0.4, -0.2) is 41.1 Å². The van der Waals surface area contributed by atoms with Crippen molar-refractivity contribution >= 4 is 23.2 Å². The average molecular weight is 318 g/mol. The van der Waals surface area contributed by atoms with Gasteiger partial charge in [0.25, 0.3) is 0 Å². The van der Waals surface area contributed by atoms with Gasteiger partial charge >= 0.3 is 0 Å². The summed E-state index contributed by atoms with van der Waals surface area (Å²) in [5, 5.41) is 0.712. The first-order valence-corrected chi connectivity index (χ1v) is 7.90. The van der Waals surface area contributed by atoms with E-state index in [1.807, 2.05) is 25.1 Å². The lowest BCUT2D eigenvalue weighted by Crippen LogP contribution is -2.47. The van der Waals surface area contributed by atoms with Gasteiger partial charge in [-0.1, -0.05) is 11.6 Å². The van der Waals surface area contributed by atoms with Gasteiger partial charge in [-0.3, -0.25) is 0 Å². The monoisotopic (exact) mass is 317 g/mol. The van der Waals surface area contributed by atoms with E-state index in [4.69, 9.17) is 11.6 Å². The zero-order chi connectivity index (χ0) is 15.5. The summed E-state index contributed by atoms with van der Waals surface area (Å²) in [6.07, 6.45) is 5.67. The first kappa shape index (κ1) is 15.0. The Morgan fingerprint density at radius 3 is 2.95 bits per heavy atom. The Hall–Kier alpha value is -1.88. The van der Waals surface area contributed by atoms with Gasteiger partial charge in [0.15, 0.2) is 0 Å². The average Bonchev–Trinajstić information content (AvgIpc) is 2.55. The number of hydrogen-bond donors (Lipinski definition) is 0. The van der Waals surface area contributed by atoms with Crippen LogP contribution in [0.15, 0.2) is 30.7 Å². The third-order valence-electron chi connectivity index (χ3n) is 4.13. The van der Waals surface area contributed by atoms with Crippen LogP contribution in [0.5, 0.6) is 0 Å². The number of pyridine rings is 1. The highest BCUT2D eigenvalue weighted by atomic mass is 35.5. The van der Waals surface area contributed by atoms with Crippen molar-refractivity contribution in [3.8, 4) is 0 Å². The van der Waals surface area contributed by atoms with Crippen molar-refractivity contribution in [2.75, 3.05) is 29.9 Å². The van der Waals surface area contributed by atoms with E-state index in [0.717, 1.165) is 43.3 Å². The number of piperidine rings is 1. The lowest BCUT2D eigenvalue weighted by Gasteiger charge is -2.39. The SMILES string of the molecule is Cc1cc(N(C)C2CCCN(c3ncccc3Cl)C2)ncn1. The lowest BCUT2D eigenvalue weighted by molar-refractivity contribution is 0.483. The molecule has 0 aromatic carbocycles. The minimum absolute atomic E-state index is 0.390. The zero-order valence-corrected chi connectivity index (χ0v) is 13.7.